The lowest BCUT2D eigenvalue weighted by molar-refractivity contribution is -0.217. The van der Waals surface area contributed by atoms with E-state index in [1.54, 1.807) is 12.4 Å². The molecule has 0 saturated carbocycles. The van der Waals surface area contributed by atoms with E-state index in [4.69, 9.17) is 4.74 Å². The van der Waals surface area contributed by atoms with Gasteiger partial charge < -0.3 is 9.64 Å². The van der Waals surface area contributed by atoms with Gasteiger partial charge in [0.15, 0.2) is 0 Å². The predicted molar refractivity (Wildman–Crippen MR) is 78.7 cm³/mol. The Morgan fingerprint density at radius 2 is 1.95 bits per heavy atom. The first-order chi connectivity index (χ1) is 10.3. The SMILES string of the molecule is CC(C)(CN1CCC(COc2cccnc2)CC1)C(F)(F)F. The van der Waals surface area contributed by atoms with Crippen molar-refractivity contribution in [3.63, 3.8) is 0 Å². The standard InChI is InChI=1S/C16H23F3N2O/c1-15(2,16(17,18)19)12-21-8-5-13(6-9-21)11-22-14-4-3-7-20-10-14/h3-4,7,10,13H,5-6,8-9,11-12H2,1-2H3. The fraction of sp³-hybridized carbons (Fsp3) is 0.688. The first-order valence-corrected chi connectivity index (χ1v) is 7.60. The van der Waals surface area contributed by atoms with Crippen LogP contribution >= 0.6 is 0 Å². The summed E-state index contributed by atoms with van der Waals surface area (Å²) in [5.41, 5.74) is -1.66. The van der Waals surface area contributed by atoms with Crippen molar-refractivity contribution in [3.8, 4) is 5.75 Å². The van der Waals surface area contributed by atoms with Gasteiger partial charge in [-0.2, -0.15) is 13.2 Å². The zero-order chi connectivity index (χ0) is 16.2. The van der Waals surface area contributed by atoms with Crippen molar-refractivity contribution in [1.29, 1.82) is 0 Å². The molecule has 1 saturated heterocycles. The number of rotatable bonds is 5. The van der Waals surface area contributed by atoms with Crippen LogP contribution in [0.25, 0.3) is 0 Å². The minimum absolute atomic E-state index is 0.0622. The zero-order valence-electron chi connectivity index (χ0n) is 13.1. The van der Waals surface area contributed by atoms with Gasteiger partial charge in [0, 0.05) is 12.7 Å². The number of pyridine rings is 1. The van der Waals surface area contributed by atoms with Crippen molar-refractivity contribution in [3.05, 3.63) is 24.5 Å². The molecule has 0 aliphatic carbocycles. The van der Waals surface area contributed by atoms with Crippen molar-refractivity contribution in [2.75, 3.05) is 26.2 Å². The molecule has 0 radical (unpaired) electrons. The van der Waals surface area contributed by atoms with E-state index in [1.165, 1.54) is 13.8 Å². The van der Waals surface area contributed by atoms with Crippen molar-refractivity contribution in [2.45, 2.75) is 32.9 Å². The van der Waals surface area contributed by atoms with Crippen LogP contribution in [0.4, 0.5) is 13.2 Å². The number of aromatic nitrogens is 1. The Kier molecular flexibility index (Phi) is 5.32. The Balaban J connectivity index is 1.74. The average Bonchev–Trinajstić information content (AvgIpc) is 2.46. The van der Waals surface area contributed by atoms with Crippen LogP contribution in [-0.2, 0) is 0 Å². The van der Waals surface area contributed by atoms with Crippen LogP contribution < -0.4 is 4.74 Å². The van der Waals surface area contributed by atoms with Gasteiger partial charge in [0.05, 0.1) is 18.2 Å². The van der Waals surface area contributed by atoms with Crippen LogP contribution in [0, 0.1) is 11.3 Å². The maximum atomic E-state index is 12.9. The number of hydrogen-bond acceptors (Lipinski definition) is 3. The molecule has 1 aromatic heterocycles. The minimum Gasteiger partial charge on any atom is -0.492 e. The molecule has 0 atom stereocenters. The van der Waals surface area contributed by atoms with Gasteiger partial charge in [0.1, 0.15) is 5.75 Å². The van der Waals surface area contributed by atoms with Crippen LogP contribution in [0.2, 0.25) is 0 Å². The Hall–Kier alpha value is -1.30. The largest absolute Gasteiger partial charge is 0.492 e. The summed E-state index contributed by atoms with van der Waals surface area (Å²) in [5, 5.41) is 0. The number of halogens is 3. The number of alkyl halides is 3. The Labute approximate surface area is 129 Å². The monoisotopic (exact) mass is 316 g/mol. The van der Waals surface area contributed by atoms with Gasteiger partial charge in [-0.1, -0.05) is 0 Å². The van der Waals surface area contributed by atoms with E-state index in [-0.39, 0.29) is 6.54 Å². The first-order valence-electron chi connectivity index (χ1n) is 7.60. The van der Waals surface area contributed by atoms with Crippen molar-refractivity contribution in [1.82, 2.24) is 9.88 Å². The lowest BCUT2D eigenvalue weighted by atomic mass is 9.89. The van der Waals surface area contributed by atoms with Crippen LogP contribution in [0.1, 0.15) is 26.7 Å². The van der Waals surface area contributed by atoms with Gasteiger partial charge >= 0.3 is 6.18 Å². The fourth-order valence-electron chi connectivity index (χ4n) is 2.61. The lowest BCUT2D eigenvalue weighted by Crippen LogP contribution is -2.46. The molecule has 2 heterocycles. The summed E-state index contributed by atoms with van der Waals surface area (Å²) < 4.78 is 44.4. The van der Waals surface area contributed by atoms with Crippen molar-refractivity contribution in [2.24, 2.45) is 11.3 Å². The second kappa shape index (κ2) is 6.86. The Morgan fingerprint density at radius 3 is 2.50 bits per heavy atom. The number of ether oxygens (including phenoxy) is 1. The molecule has 0 N–H and O–H groups in total. The quantitative estimate of drug-likeness (QED) is 0.827. The average molecular weight is 316 g/mol. The molecule has 124 valence electrons. The molecule has 22 heavy (non-hydrogen) atoms. The highest BCUT2D eigenvalue weighted by Gasteiger charge is 2.48. The molecule has 6 heteroatoms. The highest BCUT2D eigenvalue weighted by Crippen LogP contribution is 2.38. The van der Waals surface area contributed by atoms with Crippen molar-refractivity contribution >= 4 is 0 Å². The molecule has 1 aliphatic heterocycles. The normalized spacial score (nSPS) is 18.4. The van der Waals surface area contributed by atoms with E-state index in [0.29, 0.717) is 25.6 Å². The summed E-state index contributed by atoms with van der Waals surface area (Å²) in [7, 11) is 0. The molecule has 1 aromatic rings. The minimum atomic E-state index is -4.16. The number of nitrogens with zero attached hydrogens (tertiary/aromatic N) is 2. The molecule has 0 aromatic carbocycles. The van der Waals surface area contributed by atoms with Crippen LogP contribution in [0.5, 0.6) is 5.75 Å². The number of hydrogen-bond donors (Lipinski definition) is 0. The van der Waals surface area contributed by atoms with E-state index >= 15 is 0 Å². The molecule has 1 aliphatic rings. The van der Waals surface area contributed by atoms with E-state index in [1.807, 2.05) is 17.0 Å². The number of likely N-dealkylation sites (tertiary alicyclic amines) is 1. The van der Waals surface area contributed by atoms with Gasteiger partial charge in [-0.05, 0) is 57.8 Å². The Bertz CT molecular complexity index is 454. The van der Waals surface area contributed by atoms with Gasteiger partial charge in [-0.25, -0.2) is 0 Å². The van der Waals surface area contributed by atoms with Crippen molar-refractivity contribution < 1.29 is 17.9 Å². The zero-order valence-corrected chi connectivity index (χ0v) is 13.1. The number of piperidine rings is 1. The summed E-state index contributed by atoms with van der Waals surface area (Å²) in [6.45, 7) is 4.59. The third-order valence-corrected chi connectivity index (χ3v) is 4.21. The smallest absolute Gasteiger partial charge is 0.395 e. The van der Waals surface area contributed by atoms with Crippen LogP contribution in [-0.4, -0.2) is 42.3 Å². The van der Waals surface area contributed by atoms with E-state index in [0.717, 1.165) is 18.6 Å². The maximum absolute atomic E-state index is 12.9. The summed E-state index contributed by atoms with van der Waals surface area (Å²) in [5.74, 6) is 1.13. The maximum Gasteiger partial charge on any atom is 0.395 e. The molecule has 0 bridgehead atoms. The summed E-state index contributed by atoms with van der Waals surface area (Å²) in [4.78, 5) is 5.89. The van der Waals surface area contributed by atoms with Crippen LogP contribution in [0.15, 0.2) is 24.5 Å². The van der Waals surface area contributed by atoms with Crippen LogP contribution in [0.3, 0.4) is 0 Å². The van der Waals surface area contributed by atoms with Gasteiger partial charge in [0.25, 0.3) is 0 Å². The fourth-order valence-corrected chi connectivity index (χ4v) is 2.61. The van der Waals surface area contributed by atoms with E-state index in [9.17, 15) is 13.2 Å². The summed E-state index contributed by atoms with van der Waals surface area (Å²) in [6.07, 6.45) is 0.935. The molecule has 2 rings (SSSR count). The molecular formula is C16H23F3N2O. The predicted octanol–water partition coefficient (Wildman–Crippen LogP) is 3.76. The summed E-state index contributed by atoms with van der Waals surface area (Å²) >= 11 is 0. The molecule has 0 spiro atoms. The van der Waals surface area contributed by atoms with E-state index in [2.05, 4.69) is 4.98 Å². The Morgan fingerprint density at radius 1 is 1.27 bits per heavy atom. The summed E-state index contributed by atoms with van der Waals surface area (Å²) in [6, 6.07) is 3.67. The second-order valence-electron chi connectivity index (χ2n) is 6.60. The molecule has 0 amide bonds. The first kappa shape index (κ1) is 17.1. The molecule has 1 fully saturated rings. The van der Waals surface area contributed by atoms with E-state index < -0.39 is 11.6 Å². The van der Waals surface area contributed by atoms with Gasteiger partial charge in [-0.3, -0.25) is 4.98 Å². The molecule has 0 unspecified atom stereocenters. The highest BCUT2D eigenvalue weighted by molar-refractivity contribution is 5.15. The highest BCUT2D eigenvalue weighted by atomic mass is 19.4. The van der Waals surface area contributed by atoms with Gasteiger partial charge in [-0.15, -0.1) is 0 Å². The molecular weight excluding hydrogens is 293 g/mol. The third kappa shape index (κ3) is 4.60. The second-order valence-corrected chi connectivity index (χ2v) is 6.60. The molecule has 3 nitrogen and oxygen atoms in total. The topological polar surface area (TPSA) is 25.4 Å². The lowest BCUT2D eigenvalue weighted by Gasteiger charge is -2.38. The van der Waals surface area contributed by atoms with Gasteiger partial charge in [0.2, 0.25) is 0 Å². The third-order valence-electron chi connectivity index (χ3n) is 4.21.